The lowest BCUT2D eigenvalue weighted by atomic mass is 10.1. The van der Waals surface area contributed by atoms with Crippen molar-refractivity contribution in [3.05, 3.63) is 29.8 Å². The number of hydrogen-bond acceptors (Lipinski definition) is 4. The van der Waals surface area contributed by atoms with Gasteiger partial charge in [-0.05, 0) is 44.4 Å². The number of carbonyl (C=O) groups excluding carboxylic acids is 1. The zero-order chi connectivity index (χ0) is 19.6. The number of hydrogen-bond donors (Lipinski definition) is 3. The van der Waals surface area contributed by atoms with Crippen molar-refractivity contribution in [1.82, 2.24) is 10.6 Å². The van der Waals surface area contributed by atoms with Crippen molar-refractivity contribution in [2.45, 2.75) is 39.7 Å². The molecular formula is C18H30N4O3S. The summed E-state index contributed by atoms with van der Waals surface area (Å²) in [5, 5.41) is 9.01. The van der Waals surface area contributed by atoms with E-state index in [1.165, 1.54) is 6.26 Å². The summed E-state index contributed by atoms with van der Waals surface area (Å²) in [6, 6.07) is 7.63. The van der Waals surface area contributed by atoms with Gasteiger partial charge in [-0.25, -0.2) is 13.4 Å². The second kappa shape index (κ2) is 10.8. The topological polar surface area (TPSA) is 99.7 Å². The number of benzene rings is 1. The monoisotopic (exact) mass is 382 g/mol. The van der Waals surface area contributed by atoms with E-state index in [2.05, 4.69) is 27.9 Å². The third kappa shape index (κ3) is 9.41. The number of aliphatic imine (C=N–C) groups is 1. The number of nitrogens with zero attached hydrogens (tertiary/aromatic N) is 1. The molecule has 0 spiro atoms. The maximum Gasteiger partial charge on any atom is 0.246 e. The fourth-order valence-electron chi connectivity index (χ4n) is 2.24. The highest BCUT2D eigenvalue weighted by Crippen LogP contribution is 2.10. The van der Waals surface area contributed by atoms with Crippen LogP contribution in [0, 0.1) is 0 Å². The van der Waals surface area contributed by atoms with Gasteiger partial charge in [0.2, 0.25) is 5.91 Å². The Kier molecular flexibility index (Phi) is 9.12. The largest absolute Gasteiger partial charge is 0.357 e. The molecule has 0 fully saturated rings. The number of nitrogens with one attached hydrogen (secondary N) is 3. The van der Waals surface area contributed by atoms with Crippen LogP contribution in [-0.4, -0.2) is 51.4 Å². The number of guanidine groups is 1. The Bertz CT molecular complexity index is 717. The van der Waals surface area contributed by atoms with E-state index >= 15 is 0 Å². The molecule has 0 aromatic heterocycles. The van der Waals surface area contributed by atoms with Gasteiger partial charge >= 0.3 is 0 Å². The predicted octanol–water partition coefficient (Wildman–Crippen LogP) is 1.57. The van der Waals surface area contributed by atoms with Gasteiger partial charge in [-0.2, -0.15) is 0 Å². The average Bonchev–Trinajstić information content (AvgIpc) is 2.57. The molecule has 8 heteroatoms. The van der Waals surface area contributed by atoms with Gasteiger partial charge < -0.3 is 16.0 Å². The van der Waals surface area contributed by atoms with Crippen molar-refractivity contribution in [3.8, 4) is 0 Å². The van der Waals surface area contributed by atoms with E-state index in [9.17, 15) is 13.2 Å². The Hall–Kier alpha value is -2.09. The van der Waals surface area contributed by atoms with Crippen LogP contribution < -0.4 is 16.0 Å². The number of anilines is 1. The van der Waals surface area contributed by atoms with Gasteiger partial charge in [0.1, 0.15) is 16.4 Å². The minimum absolute atomic E-state index is 0.0233. The normalized spacial score (nSPS) is 13.2. The molecule has 26 heavy (non-hydrogen) atoms. The Labute approximate surface area is 156 Å². The number of amides is 1. The smallest absolute Gasteiger partial charge is 0.246 e. The third-order valence-corrected chi connectivity index (χ3v) is 4.63. The molecule has 0 aliphatic heterocycles. The predicted molar refractivity (Wildman–Crippen MR) is 107 cm³/mol. The van der Waals surface area contributed by atoms with Crippen molar-refractivity contribution < 1.29 is 13.2 Å². The first-order valence-corrected chi connectivity index (χ1v) is 10.9. The molecule has 1 aromatic carbocycles. The quantitative estimate of drug-likeness (QED) is 0.445. The van der Waals surface area contributed by atoms with Gasteiger partial charge in [0.15, 0.2) is 5.96 Å². The Morgan fingerprint density at radius 1 is 1.27 bits per heavy atom. The molecule has 0 heterocycles. The van der Waals surface area contributed by atoms with Crippen LogP contribution in [0.15, 0.2) is 29.3 Å². The van der Waals surface area contributed by atoms with Gasteiger partial charge in [-0.3, -0.25) is 4.79 Å². The van der Waals surface area contributed by atoms with Crippen molar-refractivity contribution in [3.63, 3.8) is 0 Å². The maximum atomic E-state index is 12.1. The second-order valence-corrected chi connectivity index (χ2v) is 8.52. The molecule has 0 saturated heterocycles. The fourth-order valence-corrected chi connectivity index (χ4v) is 3.02. The molecular weight excluding hydrogens is 352 g/mol. The van der Waals surface area contributed by atoms with Crippen LogP contribution in [0.4, 0.5) is 5.69 Å². The van der Waals surface area contributed by atoms with Crippen LogP contribution in [0.1, 0.15) is 32.8 Å². The fraction of sp³-hybridized carbons (Fsp3) is 0.556. The molecule has 1 rings (SSSR count). The Morgan fingerprint density at radius 2 is 2.00 bits per heavy atom. The number of aryl methyl sites for hydroxylation is 1. The highest BCUT2D eigenvalue weighted by Gasteiger charge is 2.10. The molecule has 146 valence electrons. The average molecular weight is 383 g/mol. The summed E-state index contributed by atoms with van der Waals surface area (Å²) < 4.78 is 22.5. The lowest BCUT2D eigenvalue weighted by Crippen LogP contribution is -2.43. The SMILES string of the molecule is CCNC(=NCC(=O)Nc1cccc(CC)c1)NC(C)CCS(C)(=O)=O. The lowest BCUT2D eigenvalue weighted by Gasteiger charge is -2.17. The van der Waals surface area contributed by atoms with Gasteiger partial charge in [0.25, 0.3) is 0 Å². The first-order valence-electron chi connectivity index (χ1n) is 8.84. The van der Waals surface area contributed by atoms with Crippen LogP contribution in [0.3, 0.4) is 0 Å². The van der Waals surface area contributed by atoms with E-state index in [1.807, 2.05) is 38.1 Å². The van der Waals surface area contributed by atoms with Crippen LogP contribution in [-0.2, 0) is 21.1 Å². The van der Waals surface area contributed by atoms with Gasteiger partial charge in [-0.15, -0.1) is 0 Å². The molecule has 1 unspecified atom stereocenters. The van der Waals surface area contributed by atoms with Crippen molar-refractivity contribution >= 4 is 27.4 Å². The lowest BCUT2D eigenvalue weighted by molar-refractivity contribution is -0.114. The van der Waals surface area contributed by atoms with E-state index < -0.39 is 9.84 Å². The van der Waals surface area contributed by atoms with Crippen LogP contribution in [0.2, 0.25) is 0 Å². The molecule has 1 aromatic rings. The summed E-state index contributed by atoms with van der Waals surface area (Å²) >= 11 is 0. The molecule has 7 nitrogen and oxygen atoms in total. The first-order chi connectivity index (χ1) is 12.2. The molecule has 1 amide bonds. The first kappa shape index (κ1) is 22.0. The summed E-state index contributed by atoms with van der Waals surface area (Å²) in [5.41, 5.74) is 1.91. The maximum absolute atomic E-state index is 12.1. The summed E-state index contributed by atoms with van der Waals surface area (Å²) in [6.45, 7) is 6.49. The summed E-state index contributed by atoms with van der Waals surface area (Å²) in [6.07, 6.45) is 2.60. The minimum atomic E-state index is -3.00. The van der Waals surface area contributed by atoms with E-state index in [1.54, 1.807) is 0 Å². The number of sulfone groups is 1. The molecule has 3 N–H and O–H groups in total. The van der Waals surface area contributed by atoms with Crippen LogP contribution in [0.25, 0.3) is 0 Å². The highest BCUT2D eigenvalue weighted by atomic mass is 32.2. The van der Waals surface area contributed by atoms with Crippen molar-refractivity contribution in [1.29, 1.82) is 0 Å². The van der Waals surface area contributed by atoms with Gasteiger partial charge in [0.05, 0.1) is 5.75 Å². The Morgan fingerprint density at radius 3 is 2.62 bits per heavy atom. The molecule has 0 bridgehead atoms. The summed E-state index contributed by atoms with van der Waals surface area (Å²) in [7, 11) is -3.00. The summed E-state index contributed by atoms with van der Waals surface area (Å²) in [4.78, 5) is 16.4. The Balaban J connectivity index is 2.59. The van der Waals surface area contributed by atoms with Crippen molar-refractivity contribution in [2.75, 3.05) is 30.4 Å². The zero-order valence-electron chi connectivity index (χ0n) is 16.0. The molecule has 0 aliphatic rings. The zero-order valence-corrected chi connectivity index (χ0v) is 16.8. The third-order valence-electron chi connectivity index (χ3n) is 3.65. The molecule has 0 saturated carbocycles. The van der Waals surface area contributed by atoms with E-state index in [0.29, 0.717) is 18.9 Å². The van der Waals surface area contributed by atoms with Gasteiger partial charge in [0, 0.05) is 24.5 Å². The second-order valence-electron chi connectivity index (χ2n) is 6.26. The van der Waals surface area contributed by atoms with Crippen LogP contribution >= 0.6 is 0 Å². The molecule has 0 aliphatic carbocycles. The molecule has 1 atom stereocenters. The highest BCUT2D eigenvalue weighted by molar-refractivity contribution is 7.90. The van der Waals surface area contributed by atoms with E-state index in [4.69, 9.17) is 0 Å². The number of carbonyl (C=O) groups is 1. The van der Waals surface area contributed by atoms with Gasteiger partial charge in [-0.1, -0.05) is 19.1 Å². The number of rotatable bonds is 9. The standard InChI is InChI=1S/C18H30N4O3S/c1-5-15-8-7-9-16(12-15)22-17(23)13-20-18(19-6-2)21-14(3)10-11-26(4,24)25/h7-9,12,14H,5-6,10-11,13H2,1-4H3,(H,22,23)(H2,19,20,21). The van der Waals surface area contributed by atoms with E-state index in [0.717, 1.165) is 17.7 Å². The van der Waals surface area contributed by atoms with Crippen molar-refractivity contribution in [2.24, 2.45) is 4.99 Å². The minimum Gasteiger partial charge on any atom is -0.357 e. The van der Waals surface area contributed by atoms with Crippen LogP contribution in [0.5, 0.6) is 0 Å². The van der Waals surface area contributed by atoms with E-state index in [-0.39, 0.29) is 24.2 Å². The summed E-state index contributed by atoms with van der Waals surface area (Å²) in [5.74, 6) is 0.389. The molecule has 0 radical (unpaired) electrons.